The topological polar surface area (TPSA) is 138 Å². The van der Waals surface area contributed by atoms with E-state index in [1.807, 2.05) is 0 Å². The third kappa shape index (κ3) is 4.05. The number of aromatic hydroxyl groups is 1. The van der Waals surface area contributed by atoms with Crippen LogP contribution in [0.2, 0.25) is 5.02 Å². The maximum absolute atomic E-state index is 14.2. The Hall–Kier alpha value is -2.96. The third-order valence-corrected chi connectivity index (χ3v) is 6.99. The predicted octanol–water partition coefficient (Wildman–Crippen LogP) is 1.29. The Balaban J connectivity index is 1.83. The highest BCUT2D eigenvalue weighted by molar-refractivity contribution is 7.88. The van der Waals surface area contributed by atoms with E-state index in [0.717, 1.165) is 6.26 Å². The molecule has 1 aromatic heterocycles. The Morgan fingerprint density at radius 2 is 2.03 bits per heavy atom. The van der Waals surface area contributed by atoms with Gasteiger partial charge in [0.15, 0.2) is 11.4 Å². The number of pyridine rings is 1. The van der Waals surface area contributed by atoms with Crippen LogP contribution in [0, 0.1) is 5.82 Å². The van der Waals surface area contributed by atoms with Gasteiger partial charge in [-0.1, -0.05) is 23.7 Å². The van der Waals surface area contributed by atoms with Gasteiger partial charge in [-0.25, -0.2) is 17.5 Å². The van der Waals surface area contributed by atoms with E-state index in [-0.39, 0.29) is 41.5 Å². The Bertz CT molecular complexity index is 1380. The quantitative estimate of drug-likeness (QED) is 0.533. The number of carbonyl (C=O) groups is 2. The van der Waals surface area contributed by atoms with E-state index in [1.165, 1.54) is 27.7 Å². The van der Waals surface area contributed by atoms with Gasteiger partial charge >= 0.3 is 0 Å². The van der Waals surface area contributed by atoms with E-state index in [0.29, 0.717) is 6.54 Å². The minimum atomic E-state index is -3.76. The molecule has 1 aromatic carbocycles. The van der Waals surface area contributed by atoms with Crippen LogP contribution in [0.4, 0.5) is 4.39 Å². The minimum absolute atomic E-state index is 0.0126. The number of amides is 2. The van der Waals surface area contributed by atoms with Crippen LogP contribution in [-0.4, -0.2) is 54.2 Å². The van der Waals surface area contributed by atoms with E-state index in [1.54, 1.807) is 6.92 Å². The number of benzene rings is 1. The molecule has 2 aromatic rings. The SMILES string of the molecule is CCN1CC2C[C@@H](NS(C)(=O)=O)c3c(C(=O)NCc4cccc(Cl)c4F)c(=O)c(O)c(n32)C1=O. The van der Waals surface area contributed by atoms with Gasteiger partial charge in [0.25, 0.3) is 11.8 Å². The molecule has 0 radical (unpaired) electrons. The largest absolute Gasteiger partial charge is 0.503 e. The van der Waals surface area contributed by atoms with Crippen LogP contribution in [0.25, 0.3) is 0 Å². The first-order chi connectivity index (χ1) is 15.9. The summed E-state index contributed by atoms with van der Waals surface area (Å²) < 4.78 is 42.0. The molecule has 2 amide bonds. The highest BCUT2D eigenvalue weighted by atomic mass is 35.5. The van der Waals surface area contributed by atoms with Gasteiger partial charge in [0.05, 0.1) is 29.1 Å². The number of nitrogens with zero attached hydrogens (tertiary/aromatic N) is 2. The first-order valence-electron chi connectivity index (χ1n) is 10.4. The standard InChI is InChI=1S/C21H22ClFN4O6S/c1-3-26-9-11-7-13(25-34(2,32)33)16-14(18(28)19(29)17(21(26)31)27(11)16)20(30)24-8-10-5-4-6-12(22)15(10)23/h4-6,11,13,25,29H,3,7-9H2,1-2H3,(H,24,30)/t11?,13-/m1/s1. The Morgan fingerprint density at radius 1 is 1.32 bits per heavy atom. The molecule has 0 bridgehead atoms. The van der Waals surface area contributed by atoms with Crippen LogP contribution >= 0.6 is 11.6 Å². The van der Waals surface area contributed by atoms with Crippen molar-refractivity contribution in [1.29, 1.82) is 0 Å². The number of sulfonamides is 1. The summed E-state index contributed by atoms with van der Waals surface area (Å²) in [5, 5.41) is 12.9. The molecule has 0 saturated heterocycles. The Labute approximate surface area is 199 Å². The van der Waals surface area contributed by atoms with Crippen molar-refractivity contribution in [2.45, 2.75) is 32.0 Å². The van der Waals surface area contributed by atoms with Crippen molar-refractivity contribution in [2.75, 3.05) is 19.3 Å². The summed E-state index contributed by atoms with van der Waals surface area (Å²) >= 11 is 5.77. The number of hydrogen-bond donors (Lipinski definition) is 3. The predicted molar refractivity (Wildman–Crippen MR) is 121 cm³/mol. The van der Waals surface area contributed by atoms with Gasteiger partial charge in [0.1, 0.15) is 11.4 Å². The average Bonchev–Trinajstić information content (AvgIpc) is 3.09. The zero-order valence-electron chi connectivity index (χ0n) is 18.3. The van der Waals surface area contributed by atoms with Crippen molar-refractivity contribution < 1.29 is 27.5 Å². The summed E-state index contributed by atoms with van der Waals surface area (Å²) in [6.45, 7) is 1.95. The fraction of sp³-hybridized carbons (Fsp3) is 0.381. The van der Waals surface area contributed by atoms with Crippen LogP contribution in [-0.2, 0) is 16.6 Å². The van der Waals surface area contributed by atoms with E-state index in [4.69, 9.17) is 11.6 Å². The van der Waals surface area contributed by atoms with Crippen LogP contribution in [0.5, 0.6) is 5.75 Å². The van der Waals surface area contributed by atoms with Gasteiger partial charge in [-0.2, -0.15) is 0 Å². The summed E-state index contributed by atoms with van der Waals surface area (Å²) in [5.41, 5.74) is -1.85. The second-order valence-electron chi connectivity index (χ2n) is 8.23. The molecule has 13 heteroatoms. The van der Waals surface area contributed by atoms with Crippen molar-refractivity contribution in [3.05, 3.63) is 61.8 Å². The molecule has 0 saturated carbocycles. The molecular formula is C21H22ClFN4O6S. The molecule has 34 heavy (non-hydrogen) atoms. The average molecular weight is 513 g/mol. The summed E-state index contributed by atoms with van der Waals surface area (Å²) in [5.74, 6) is -3.17. The second kappa shape index (κ2) is 8.67. The number of hydrogen-bond acceptors (Lipinski definition) is 6. The first-order valence-corrected chi connectivity index (χ1v) is 12.7. The van der Waals surface area contributed by atoms with E-state index < -0.39 is 56.5 Å². The number of likely N-dealkylation sites (N-methyl/N-ethyl adjacent to an activating group) is 1. The van der Waals surface area contributed by atoms with Gasteiger partial charge < -0.3 is 19.9 Å². The van der Waals surface area contributed by atoms with Crippen LogP contribution < -0.4 is 15.5 Å². The van der Waals surface area contributed by atoms with Crippen molar-refractivity contribution in [3.8, 4) is 5.75 Å². The fourth-order valence-electron chi connectivity index (χ4n) is 4.56. The molecule has 10 nitrogen and oxygen atoms in total. The van der Waals surface area contributed by atoms with Gasteiger partial charge in [0.2, 0.25) is 15.5 Å². The molecule has 2 aliphatic heterocycles. The summed E-state index contributed by atoms with van der Waals surface area (Å²) in [4.78, 5) is 40.6. The molecular weight excluding hydrogens is 491 g/mol. The smallest absolute Gasteiger partial charge is 0.274 e. The van der Waals surface area contributed by atoms with Gasteiger partial charge in [-0.05, 0) is 19.4 Å². The maximum Gasteiger partial charge on any atom is 0.274 e. The van der Waals surface area contributed by atoms with Crippen LogP contribution in [0.1, 0.15) is 57.5 Å². The summed E-state index contributed by atoms with van der Waals surface area (Å²) in [6, 6.07) is 2.79. The number of halogens is 2. The lowest BCUT2D eigenvalue weighted by Gasteiger charge is -2.33. The van der Waals surface area contributed by atoms with Crippen LogP contribution in [0.15, 0.2) is 23.0 Å². The van der Waals surface area contributed by atoms with E-state index >= 15 is 0 Å². The highest BCUT2D eigenvalue weighted by Gasteiger charge is 2.45. The molecule has 3 heterocycles. The summed E-state index contributed by atoms with van der Waals surface area (Å²) in [7, 11) is -3.76. The zero-order valence-corrected chi connectivity index (χ0v) is 19.8. The lowest BCUT2D eigenvalue weighted by Crippen LogP contribution is -2.44. The Kier molecular flexibility index (Phi) is 6.17. The number of rotatable bonds is 6. The summed E-state index contributed by atoms with van der Waals surface area (Å²) in [6.07, 6.45) is 1.10. The van der Waals surface area contributed by atoms with E-state index in [9.17, 15) is 32.3 Å². The fourth-order valence-corrected chi connectivity index (χ4v) is 5.48. The molecule has 0 fully saturated rings. The number of aromatic nitrogens is 1. The van der Waals surface area contributed by atoms with E-state index in [2.05, 4.69) is 10.0 Å². The number of carbonyl (C=O) groups excluding carboxylic acids is 2. The van der Waals surface area contributed by atoms with Gasteiger partial charge in [0, 0.05) is 25.2 Å². The molecule has 182 valence electrons. The van der Waals surface area contributed by atoms with Crippen molar-refractivity contribution in [3.63, 3.8) is 0 Å². The Morgan fingerprint density at radius 3 is 2.68 bits per heavy atom. The van der Waals surface area contributed by atoms with Crippen molar-refractivity contribution in [2.24, 2.45) is 0 Å². The molecule has 4 rings (SSSR count). The molecule has 0 spiro atoms. The highest BCUT2D eigenvalue weighted by Crippen LogP contribution is 2.42. The third-order valence-electron chi connectivity index (χ3n) is 5.98. The van der Waals surface area contributed by atoms with Crippen LogP contribution in [0.3, 0.4) is 0 Å². The minimum Gasteiger partial charge on any atom is -0.503 e. The maximum atomic E-state index is 14.2. The lowest BCUT2D eigenvalue weighted by atomic mass is 10.0. The lowest BCUT2D eigenvalue weighted by molar-refractivity contribution is 0.0675. The van der Waals surface area contributed by atoms with Crippen molar-refractivity contribution in [1.82, 2.24) is 19.5 Å². The molecule has 3 N–H and O–H groups in total. The molecule has 2 atom stereocenters. The normalized spacial score (nSPS) is 19.3. The van der Waals surface area contributed by atoms with Gasteiger partial charge in [-0.15, -0.1) is 0 Å². The first kappa shape index (κ1) is 24.2. The second-order valence-corrected chi connectivity index (χ2v) is 10.4. The molecule has 1 unspecified atom stereocenters. The number of nitrogens with one attached hydrogen (secondary N) is 2. The monoisotopic (exact) mass is 512 g/mol. The molecule has 0 aliphatic carbocycles. The zero-order chi connectivity index (χ0) is 24.9. The van der Waals surface area contributed by atoms with Gasteiger partial charge in [-0.3, -0.25) is 14.4 Å². The molecule has 2 aliphatic rings. The van der Waals surface area contributed by atoms with Crippen molar-refractivity contribution >= 4 is 33.4 Å².